The average Bonchev–Trinajstić information content (AvgIpc) is 3.33. The highest BCUT2D eigenvalue weighted by Gasteiger charge is 2.31. The van der Waals surface area contributed by atoms with E-state index in [-0.39, 0.29) is 22.4 Å². The molecule has 160 valence electrons. The second-order valence-corrected chi connectivity index (χ2v) is 7.73. The number of carbonyl (C=O) groups excluding carboxylic acids is 1. The molecule has 2 aromatic carbocycles. The number of nitrogens with zero attached hydrogens (tertiary/aromatic N) is 2. The second kappa shape index (κ2) is 8.03. The molecule has 1 aliphatic rings. The lowest BCUT2D eigenvalue weighted by Crippen LogP contribution is -2.23. The standard InChI is InChI=1S/C21H15F3N2O4S/c22-21(23,24)14-7-9-15(10-8-14)30-20-25-17(12-3-5-13(6-4-12)19(28)29)18(31-20)26-11-1-2-16(26)27/h3-10H,1-2,11H2,(H,28,29). The van der Waals surface area contributed by atoms with Crippen molar-refractivity contribution in [3.05, 3.63) is 59.7 Å². The van der Waals surface area contributed by atoms with Crippen molar-refractivity contribution >= 4 is 28.2 Å². The molecule has 6 nitrogen and oxygen atoms in total. The first-order valence-electron chi connectivity index (χ1n) is 9.22. The van der Waals surface area contributed by atoms with Crippen molar-refractivity contribution in [2.75, 3.05) is 11.4 Å². The van der Waals surface area contributed by atoms with Crippen molar-refractivity contribution < 1.29 is 32.6 Å². The Hall–Kier alpha value is -3.40. The summed E-state index contributed by atoms with van der Waals surface area (Å²) in [6, 6.07) is 10.3. The van der Waals surface area contributed by atoms with E-state index in [2.05, 4.69) is 4.98 Å². The normalized spacial score (nSPS) is 14.2. The van der Waals surface area contributed by atoms with Gasteiger partial charge in [-0.05, 0) is 42.8 Å². The van der Waals surface area contributed by atoms with Crippen LogP contribution in [0.5, 0.6) is 10.9 Å². The molecule has 1 N–H and O–H groups in total. The van der Waals surface area contributed by atoms with Crippen LogP contribution in [0.25, 0.3) is 11.3 Å². The van der Waals surface area contributed by atoms with Crippen LogP contribution >= 0.6 is 11.3 Å². The van der Waals surface area contributed by atoms with Crippen molar-refractivity contribution in [1.82, 2.24) is 4.98 Å². The van der Waals surface area contributed by atoms with Crippen LogP contribution < -0.4 is 9.64 Å². The van der Waals surface area contributed by atoms with E-state index in [9.17, 15) is 22.8 Å². The molecule has 0 spiro atoms. The molecule has 31 heavy (non-hydrogen) atoms. The van der Waals surface area contributed by atoms with Gasteiger partial charge >= 0.3 is 12.1 Å². The number of halogens is 3. The molecule has 1 aliphatic heterocycles. The van der Waals surface area contributed by atoms with Gasteiger partial charge in [0.15, 0.2) is 0 Å². The molecule has 2 heterocycles. The first-order valence-corrected chi connectivity index (χ1v) is 10.0. The number of aromatic nitrogens is 1. The Kier molecular flexibility index (Phi) is 5.40. The molecule has 1 fully saturated rings. The van der Waals surface area contributed by atoms with Crippen LogP contribution in [0.3, 0.4) is 0 Å². The number of carbonyl (C=O) groups is 2. The molecule has 0 radical (unpaired) electrons. The van der Waals surface area contributed by atoms with Gasteiger partial charge in [0.25, 0.3) is 5.19 Å². The van der Waals surface area contributed by atoms with Crippen LogP contribution in [0.2, 0.25) is 0 Å². The van der Waals surface area contributed by atoms with E-state index in [0.717, 1.165) is 23.5 Å². The van der Waals surface area contributed by atoms with E-state index < -0.39 is 17.7 Å². The van der Waals surface area contributed by atoms with Gasteiger partial charge in [-0.1, -0.05) is 23.5 Å². The van der Waals surface area contributed by atoms with Gasteiger partial charge in [-0.2, -0.15) is 13.2 Å². The molecule has 10 heteroatoms. The predicted octanol–water partition coefficient (Wildman–Crippen LogP) is 5.45. The summed E-state index contributed by atoms with van der Waals surface area (Å²) in [4.78, 5) is 29.4. The zero-order valence-electron chi connectivity index (χ0n) is 15.8. The Morgan fingerprint density at radius 1 is 1.10 bits per heavy atom. The fourth-order valence-electron chi connectivity index (χ4n) is 3.15. The zero-order chi connectivity index (χ0) is 22.2. The highest BCUT2D eigenvalue weighted by Crippen LogP contribution is 2.43. The highest BCUT2D eigenvalue weighted by molar-refractivity contribution is 7.18. The van der Waals surface area contributed by atoms with Crippen LogP contribution in [-0.4, -0.2) is 28.5 Å². The number of rotatable bonds is 5. The third kappa shape index (κ3) is 4.38. The minimum absolute atomic E-state index is 0.0619. The van der Waals surface area contributed by atoms with E-state index >= 15 is 0 Å². The van der Waals surface area contributed by atoms with Gasteiger partial charge in [-0.3, -0.25) is 4.79 Å². The summed E-state index contributed by atoms with van der Waals surface area (Å²) in [5.41, 5.74) is 0.359. The minimum atomic E-state index is -4.45. The smallest absolute Gasteiger partial charge is 0.416 e. The van der Waals surface area contributed by atoms with Gasteiger partial charge in [0, 0.05) is 18.5 Å². The van der Waals surface area contributed by atoms with E-state index in [1.54, 1.807) is 17.0 Å². The number of amides is 1. The van der Waals surface area contributed by atoms with Gasteiger partial charge in [-0.25, -0.2) is 9.78 Å². The summed E-state index contributed by atoms with van der Waals surface area (Å²) >= 11 is 1.10. The lowest BCUT2D eigenvalue weighted by atomic mass is 10.1. The highest BCUT2D eigenvalue weighted by atomic mass is 32.1. The predicted molar refractivity (Wildman–Crippen MR) is 108 cm³/mol. The maximum atomic E-state index is 12.8. The van der Waals surface area contributed by atoms with E-state index in [1.807, 2.05) is 0 Å². The van der Waals surface area contributed by atoms with Crippen LogP contribution in [0.4, 0.5) is 18.2 Å². The first kappa shape index (κ1) is 20.9. The number of hydrogen-bond acceptors (Lipinski definition) is 5. The number of thiazole rings is 1. The molecular weight excluding hydrogens is 433 g/mol. The zero-order valence-corrected chi connectivity index (χ0v) is 16.7. The quantitative estimate of drug-likeness (QED) is 0.562. The largest absolute Gasteiger partial charge is 0.478 e. The number of hydrogen-bond donors (Lipinski definition) is 1. The van der Waals surface area contributed by atoms with E-state index in [0.29, 0.717) is 35.6 Å². The summed E-state index contributed by atoms with van der Waals surface area (Å²) in [7, 11) is 0. The number of aromatic carboxylic acids is 1. The topological polar surface area (TPSA) is 79.7 Å². The van der Waals surface area contributed by atoms with Crippen LogP contribution in [-0.2, 0) is 11.0 Å². The maximum absolute atomic E-state index is 12.8. The van der Waals surface area contributed by atoms with Gasteiger partial charge < -0.3 is 14.7 Å². The summed E-state index contributed by atoms with van der Waals surface area (Å²) in [5.74, 6) is -0.951. The number of ether oxygens (including phenoxy) is 1. The summed E-state index contributed by atoms with van der Waals surface area (Å²) in [6.45, 7) is 0.515. The molecule has 0 atom stereocenters. The number of anilines is 1. The SMILES string of the molecule is O=C(O)c1ccc(-c2nc(Oc3ccc(C(F)(F)F)cc3)sc2N2CCCC2=O)cc1. The van der Waals surface area contributed by atoms with Crippen LogP contribution in [0, 0.1) is 0 Å². The fraction of sp³-hybridized carbons (Fsp3) is 0.190. The Balaban J connectivity index is 1.68. The molecule has 4 rings (SSSR count). The summed E-state index contributed by atoms with van der Waals surface area (Å²) < 4.78 is 43.9. The second-order valence-electron chi connectivity index (χ2n) is 6.79. The number of alkyl halides is 3. The van der Waals surface area contributed by atoms with Crippen molar-refractivity contribution in [3.63, 3.8) is 0 Å². The van der Waals surface area contributed by atoms with Crippen molar-refractivity contribution in [2.45, 2.75) is 19.0 Å². The number of carboxylic acid groups (broad SMARTS) is 1. The van der Waals surface area contributed by atoms with E-state index in [4.69, 9.17) is 9.84 Å². The van der Waals surface area contributed by atoms with Crippen molar-refractivity contribution in [2.24, 2.45) is 0 Å². The third-order valence-corrected chi connectivity index (χ3v) is 5.66. The van der Waals surface area contributed by atoms with Crippen LogP contribution in [0.1, 0.15) is 28.8 Å². The number of carboxylic acids is 1. The maximum Gasteiger partial charge on any atom is 0.416 e. The molecule has 0 aliphatic carbocycles. The monoisotopic (exact) mass is 448 g/mol. The molecule has 1 aromatic heterocycles. The molecular formula is C21H15F3N2O4S. The molecule has 0 bridgehead atoms. The minimum Gasteiger partial charge on any atom is -0.478 e. The van der Waals surface area contributed by atoms with Crippen molar-refractivity contribution in [3.8, 4) is 22.2 Å². The summed E-state index contributed by atoms with van der Waals surface area (Å²) in [6.07, 6.45) is -3.34. The van der Waals surface area contributed by atoms with Gasteiger partial charge in [0.2, 0.25) is 5.91 Å². The Morgan fingerprint density at radius 2 is 1.77 bits per heavy atom. The third-order valence-electron chi connectivity index (χ3n) is 4.70. The number of benzene rings is 2. The Bertz CT molecular complexity index is 1130. The molecule has 0 unspecified atom stereocenters. The molecule has 0 saturated carbocycles. The molecule has 1 saturated heterocycles. The summed E-state index contributed by atoms with van der Waals surface area (Å²) in [5, 5.41) is 9.80. The lowest BCUT2D eigenvalue weighted by molar-refractivity contribution is -0.137. The fourth-order valence-corrected chi connectivity index (χ4v) is 4.16. The molecule has 1 amide bonds. The average molecular weight is 448 g/mol. The Labute approximate surface area is 178 Å². The first-order chi connectivity index (χ1) is 14.7. The van der Waals surface area contributed by atoms with E-state index in [1.165, 1.54) is 24.3 Å². The van der Waals surface area contributed by atoms with Gasteiger partial charge in [0.1, 0.15) is 16.4 Å². The lowest BCUT2D eigenvalue weighted by Gasteiger charge is -2.14. The molecule has 3 aromatic rings. The van der Waals surface area contributed by atoms with Crippen LogP contribution in [0.15, 0.2) is 48.5 Å². The van der Waals surface area contributed by atoms with Gasteiger partial charge in [0.05, 0.1) is 11.1 Å². The van der Waals surface area contributed by atoms with Crippen molar-refractivity contribution in [1.29, 1.82) is 0 Å². The van der Waals surface area contributed by atoms with Gasteiger partial charge in [-0.15, -0.1) is 0 Å². The Morgan fingerprint density at radius 3 is 2.32 bits per heavy atom.